The Morgan fingerprint density at radius 2 is 0.625 bits per heavy atom. The molecule has 0 aromatic carbocycles. The maximum absolute atomic E-state index is 12.5. The highest BCUT2D eigenvalue weighted by Crippen LogP contribution is 2.19. The molecule has 0 aliphatic rings. The number of carbonyl (C=O) groups excluding carboxylic acids is 2. The number of carbonyl (C=O) groups is 2. The van der Waals surface area contributed by atoms with E-state index in [0.29, 0.717) is 19.4 Å². The Labute approximate surface area is 500 Å². The number of aliphatic hydroxyl groups is 2. The molecular formula is C74H141NO5. The van der Waals surface area contributed by atoms with Gasteiger partial charge in [-0.05, 0) is 64.2 Å². The summed E-state index contributed by atoms with van der Waals surface area (Å²) in [6.45, 7) is 4.93. The second-order valence-electron chi connectivity index (χ2n) is 24.9. The zero-order valence-electron chi connectivity index (χ0n) is 54.1. The molecule has 0 heterocycles. The summed E-state index contributed by atoms with van der Waals surface area (Å²) in [5, 5.41) is 23.1. The fraction of sp³-hybridized carbons (Fsp3) is 0.892. The first-order valence-corrected chi connectivity index (χ1v) is 36.3. The number of esters is 1. The van der Waals surface area contributed by atoms with E-state index in [9.17, 15) is 19.8 Å². The van der Waals surface area contributed by atoms with E-state index in [2.05, 4.69) is 43.5 Å². The molecule has 0 fully saturated rings. The number of nitrogens with one attached hydrogen (secondary N) is 1. The van der Waals surface area contributed by atoms with Gasteiger partial charge in [-0.15, -0.1) is 0 Å². The quantitative estimate of drug-likeness (QED) is 0.0320. The van der Waals surface area contributed by atoms with Crippen LogP contribution < -0.4 is 5.32 Å². The van der Waals surface area contributed by atoms with Crippen molar-refractivity contribution in [3.05, 3.63) is 36.5 Å². The van der Waals surface area contributed by atoms with E-state index >= 15 is 0 Å². The van der Waals surface area contributed by atoms with E-state index in [1.807, 2.05) is 6.08 Å². The molecule has 3 N–H and O–H groups in total. The van der Waals surface area contributed by atoms with Crippen LogP contribution in [0.25, 0.3) is 0 Å². The van der Waals surface area contributed by atoms with Crippen LogP contribution in [-0.2, 0) is 14.3 Å². The molecule has 0 aromatic rings. The van der Waals surface area contributed by atoms with E-state index in [1.165, 1.54) is 327 Å². The van der Waals surface area contributed by atoms with Gasteiger partial charge in [0.25, 0.3) is 0 Å². The van der Waals surface area contributed by atoms with E-state index < -0.39 is 12.1 Å². The summed E-state index contributed by atoms with van der Waals surface area (Å²) >= 11 is 0. The molecule has 2 atom stereocenters. The van der Waals surface area contributed by atoms with Crippen LogP contribution in [0.2, 0.25) is 0 Å². The monoisotopic (exact) mass is 1120 g/mol. The summed E-state index contributed by atoms with van der Waals surface area (Å²) in [5.74, 6) is -0.0465. The highest BCUT2D eigenvalue weighted by Gasteiger charge is 2.18. The summed E-state index contributed by atoms with van der Waals surface area (Å²) < 4.78 is 5.50. The first-order chi connectivity index (χ1) is 39.5. The number of amides is 1. The molecule has 0 saturated carbocycles. The maximum atomic E-state index is 12.5. The predicted molar refractivity (Wildman–Crippen MR) is 352 cm³/mol. The minimum Gasteiger partial charge on any atom is -0.466 e. The van der Waals surface area contributed by atoms with Crippen LogP contribution in [-0.4, -0.2) is 47.4 Å². The van der Waals surface area contributed by atoms with Crippen molar-refractivity contribution >= 4 is 11.9 Å². The van der Waals surface area contributed by atoms with Crippen LogP contribution in [0.4, 0.5) is 0 Å². The number of aliphatic hydroxyl groups excluding tert-OH is 2. The van der Waals surface area contributed by atoms with Gasteiger partial charge in [0.05, 0.1) is 25.4 Å². The molecule has 0 spiro atoms. The number of rotatable bonds is 68. The topological polar surface area (TPSA) is 95.9 Å². The predicted octanol–water partition coefficient (Wildman–Crippen LogP) is 23.5. The van der Waals surface area contributed by atoms with Gasteiger partial charge in [0.15, 0.2) is 0 Å². The first kappa shape index (κ1) is 78.1. The highest BCUT2D eigenvalue weighted by atomic mass is 16.5. The van der Waals surface area contributed by atoms with Crippen LogP contribution in [0.5, 0.6) is 0 Å². The van der Waals surface area contributed by atoms with Gasteiger partial charge in [-0.25, -0.2) is 0 Å². The average Bonchev–Trinajstić information content (AvgIpc) is 3.46. The van der Waals surface area contributed by atoms with Crippen molar-refractivity contribution in [1.29, 1.82) is 0 Å². The van der Waals surface area contributed by atoms with E-state index in [1.54, 1.807) is 6.08 Å². The third-order valence-corrected chi connectivity index (χ3v) is 16.9. The maximum Gasteiger partial charge on any atom is 0.305 e. The van der Waals surface area contributed by atoms with E-state index in [-0.39, 0.29) is 18.5 Å². The Morgan fingerprint density at radius 1 is 0.350 bits per heavy atom. The summed E-state index contributed by atoms with van der Waals surface area (Å²) in [6, 6.07) is -0.626. The lowest BCUT2D eigenvalue weighted by Crippen LogP contribution is -2.45. The van der Waals surface area contributed by atoms with Crippen LogP contribution in [0.3, 0.4) is 0 Å². The summed E-state index contributed by atoms with van der Waals surface area (Å²) in [7, 11) is 0. The van der Waals surface area contributed by atoms with Gasteiger partial charge >= 0.3 is 5.97 Å². The molecule has 0 aromatic heterocycles. The Hall–Kier alpha value is -1.92. The Kier molecular flexibility index (Phi) is 67.9. The molecule has 6 heteroatoms. The van der Waals surface area contributed by atoms with Crippen molar-refractivity contribution in [2.45, 2.75) is 411 Å². The molecule has 0 aliphatic heterocycles. The fourth-order valence-electron chi connectivity index (χ4n) is 11.4. The molecule has 2 unspecified atom stereocenters. The van der Waals surface area contributed by atoms with Crippen molar-refractivity contribution in [2.75, 3.05) is 13.2 Å². The third-order valence-electron chi connectivity index (χ3n) is 16.9. The van der Waals surface area contributed by atoms with Gasteiger partial charge in [-0.1, -0.05) is 359 Å². The third kappa shape index (κ3) is 65.2. The standard InChI is InChI=1S/C74H141NO5/c1-3-5-7-9-11-13-15-17-19-40-44-48-52-56-60-64-68-74(79)80-69-65-61-57-53-49-45-41-38-36-34-32-30-28-26-24-22-20-21-23-25-27-29-31-33-35-37-39-43-47-51-55-59-63-67-73(78)75-71(70-76)72(77)66-62-58-54-50-46-42-18-16-14-12-10-8-6-4-2/h24,26,30,32,62,66,71-72,76-77H,3-23,25,27-29,31,33-61,63-65,67-70H2,1-2H3,(H,75,78)/b26-24-,32-30-,66-62+. The lowest BCUT2D eigenvalue weighted by molar-refractivity contribution is -0.143. The largest absolute Gasteiger partial charge is 0.466 e. The molecule has 0 radical (unpaired) electrons. The smallest absolute Gasteiger partial charge is 0.305 e. The van der Waals surface area contributed by atoms with Crippen molar-refractivity contribution < 1.29 is 24.5 Å². The van der Waals surface area contributed by atoms with Crippen molar-refractivity contribution in [3.63, 3.8) is 0 Å². The van der Waals surface area contributed by atoms with Gasteiger partial charge in [0.1, 0.15) is 0 Å². The zero-order valence-corrected chi connectivity index (χ0v) is 54.1. The molecule has 0 saturated heterocycles. The fourth-order valence-corrected chi connectivity index (χ4v) is 11.4. The summed E-state index contributed by atoms with van der Waals surface area (Å²) in [6.07, 6.45) is 89.5. The molecule has 0 bridgehead atoms. The lowest BCUT2D eigenvalue weighted by atomic mass is 10.0. The SMILES string of the molecule is CCCCCCCCCCCCCC/C=C/C(O)C(CO)NC(=O)CCCCCCCCCCCCCCCCCCC/C=C\C/C=C\CCCCCCCCCCCOC(=O)CCCCCCCCCCCCCCCCCC. The molecule has 0 aliphatic carbocycles. The molecule has 472 valence electrons. The second-order valence-corrected chi connectivity index (χ2v) is 24.9. The highest BCUT2D eigenvalue weighted by molar-refractivity contribution is 5.76. The van der Waals surface area contributed by atoms with Crippen LogP contribution in [0.1, 0.15) is 399 Å². The van der Waals surface area contributed by atoms with Gasteiger partial charge < -0.3 is 20.3 Å². The average molecular weight is 1120 g/mol. The summed E-state index contributed by atoms with van der Waals surface area (Å²) in [5.41, 5.74) is 0. The lowest BCUT2D eigenvalue weighted by Gasteiger charge is -2.20. The van der Waals surface area contributed by atoms with Crippen molar-refractivity contribution in [3.8, 4) is 0 Å². The molecular weight excluding hydrogens is 983 g/mol. The number of hydrogen-bond donors (Lipinski definition) is 3. The zero-order chi connectivity index (χ0) is 57.8. The minimum atomic E-state index is -0.843. The molecule has 0 rings (SSSR count). The van der Waals surface area contributed by atoms with Crippen molar-refractivity contribution in [2.24, 2.45) is 0 Å². The van der Waals surface area contributed by atoms with Crippen LogP contribution in [0.15, 0.2) is 36.5 Å². The number of unbranched alkanes of at least 4 members (excludes halogenated alkanes) is 53. The van der Waals surface area contributed by atoms with Gasteiger partial charge in [-0.3, -0.25) is 9.59 Å². The molecule has 6 nitrogen and oxygen atoms in total. The van der Waals surface area contributed by atoms with E-state index in [0.717, 1.165) is 44.9 Å². The van der Waals surface area contributed by atoms with Gasteiger partial charge in [0.2, 0.25) is 5.91 Å². The molecule has 80 heavy (non-hydrogen) atoms. The second kappa shape index (κ2) is 69.6. The number of allylic oxidation sites excluding steroid dienone is 5. The summed E-state index contributed by atoms with van der Waals surface area (Å²) in [4.78, 5) is 24.6. The minimum absolute atomic E-state index is 0.0178. The van der Waals surface area contributed by atoms with Crippen LogP contribution >= 0.6 is 0 Å². The normalized spacial score (nSPS) is 12.7. The van der Waals surface area contributed by atoms with Gasteiger partial charge in [0, 0.05) is 12.8 Å². The number of hydrogen-bond acceptors (Lipinski definition) is 5. The first-order valence-electron chi connectivity index (χ1n) is 36.3. The Morgan fingerprint density at radius 3 is 0.950 bits per heavy atom. The Bertz CT molecular complexity index is 1300. The van der Waals surface area contributed by atoms with Crippen LogP contribution in [0, 0.1) is 0 Å². The van der Waals surface area contributed by atoms with Gasteiger partial charge in [-0.2, -0.15) is 0 Å². The van der Waals surface area contributed by atoms with Crippen molar-refractivity contribution in [1.82, 2.24) is 5.32 Å². The molecule has 1 amide bonds. The number of ether oxygens (including phenoxy) is 1. The Balaban J connectivity index is 3.38. The van der Waals surface area contributed by atoms with E-state index in [4.69, 9.17) is 4.74 Å².